The Hall–Kier alpha value is -3.46. The number of hydrogen-bond donors (Lipinski definition) is 1. The summed E-state index contributed by atoms with van der Waals surface area (Å²) >= 11 is 0. The number of imidazole rings is 1. The molecule has 3 heterocycles. The Balaban J connectivity index is 1.70. The summed E-state index contributed by atoms with van der Waals surface area (Å²) in [4.78, 5) is 23.2. The van der Waals surface area contributed by atoms with E-state index in [1.54, 1.807) is 23.0 Å². The van der Waals surface area contributed by atoms with E-state index in [-0.39, 0.29) is 12.4 Å². The first-order chi connectivity index (χ1) is 14.1. The number of ether oxygens (including phenoxy) is 1. The van der Waals surface area contributed by atoms with E-state index in [1.165, 1.54) is 12.4 Å². The number of fused-ring (bicyclic) bond motifs is 3. The Kier molecular flexibility index (Phi) is 5.13. The second kappa shape index (κ2) is 7.88. The number of carbonyl (C=O) groups excluding carboxylic acids is 1. The maximum Gasteiger partial charge on any atom is 0.187 e. The number of rotatable bonds is 6. The lowest BCUT2D eigenvalue weighted by molar-refractivity contribution is 0.104. The van der Waals surface area contributed by atoms with Crippen molar-refractivity contribution in [3.63, 3.8) is 0 Å². The SMILES string of the molecule is CN(C)/C=C/C(=O)c1ccc2c(c1)OCCn1cc(-c3ncnn3CCO)nc1-2. The van der Waals surface area contributed by atoms with E-state index in [2.05, 4.69) is 10.1 Å². The minimum absolute atomic E-state index is 0.0281. The fourth-order valence-corrected chi connectivity index (χ4v) is 3.18. The third-order valence-electron chi connectivity index (χ3n) is 4.55. The van der Waals surface area contributed by atoms with E-state index in [0.29, 0.717) is 42.5 Å². The second-order valence-corrected chi connectivity index (χ2v) is 6.88. The van der Waals surface area contributed by atoms with Crippen LogP contribution in [0.5, 0.6) is 5.75 Å². The second-order valence-electron chi connectivity index (χ2n) is 6.88. The van der Waals surface area contributed by atoms with Crippen molar-refractivity contribution in [3.05, 3.63) is 48.6 Å². The molecule has 1 aliphatic rings. The standard InChI is InChI=1S/C20H22N6O3/c1-24(2)6-5-17(28)14-3-4-15-18(11-14)29-10-8-25-12-16(23-19(15)25)20-21-13-22-26(20)7-9-27/h3-6,11-13,27H,7-10H2,1-2H3/b6-5+. The van der Waals surface area contributed by atoms with Crippen LogP contribution in [0.15, 0.2) is 43.0 Å². The average molecular weight is 394 g/mol. The highest BCUT2D eigenvalue weighted by Crippen LogP contribution is 2.34. The number of allylic oxidation sites excluding steroid dienone is 1. The Morgan fingerprint density at radius 2 is 2.21 bits per heavy atom. The van der Waals surface area contributed by atoms with Crippen LogP contribution in [0.2, 0.25) is 0 Å². The Morgan fingerprint density at radius 1 is 1.34 bits per heavy atom. The van der Waals surface area contributed by atoms with Crippen LogP contribution in [0.25, 0.3) is 22.9 Å². The molecule has 0 aliphatic carbocycles. The Bertz CT molecular complexity index is 1070. The van der Waals surface area contributed by atoms with Crippen LogP contribution in [0.1, 0.15) is 10.4 Å². The largest absolute Gasteiger partial charge is 0.491 e. The van der Waals surface area contributed by atoms with Gasteiger partial charge in [0, 0.05) is 38.1 Å². The van der Waals surface area contributed by atoms with E-state index in [4.69, 9.17) is 9.72 Å². The quantitative estimate of drug-likeness (QED) is 0.499. The van der Waals surface area contributed by atoms with Crippen LogP contribution in [-0.4, -0.2) is 67.4 Å². The zero-order valence-corrected chi connectivity index (χ0v) is 16.3. The molecule has 0 saturated carbocycles. The van der Waals surface area contributed by atoms with Crippen molar-refractivity contribution >= 4 is 5.78 Å². The number of aliphatic hydroxyl groups excluding tert-OH is 1. The molecule has 0 bridgehead atoms. The number of aliphatic hydroxyl groups is 1. The maximum atomic E-state index is 12.4. The predicted octanol–water partition coefficient (Wildman–Crippen LogP) is 1.45. The van der Waals surface area contributed by atoms with Crippen molar-refractivity contribution < 1.29 is 14.6 Å². The van der Waals surface area contributed by atoms with E-state index in [0.717, 1.165) is 11.4 Å². The van der Waals surface area contributed by atoms with Gasteiger partial charge in [-0.25, -0.2) is 14.6 Å². The summed E-state index contributed by atoms with van der Waals surface area (Å²) in [7, 11) is 3.73. The number of hydrogen-bond acceptors (Lipinski definition) is 7. The van der Waals surface area contributed by atoms with Gasteiger partial charge in [0.25, 0.3) is 0 Å². The number of carbonyl (C=O) groups is 1. The molecule has 0 atom stereocenters. The van der Waals surface area contributed by atoms with Crippen LogP contribution in [-0.2, 0) is 13.1 Å². The van der Waals surface area contributed by atoms with E-state index >= 15 is 0 Å². The molecule has 29 heavy (non-hydrogen) atoms. The van der Waals surface area contributed by atoms with Crippen LogP contribution in [0.4, 0.5) is 0 Å². The minimum atomic E-state index is -0.0875. The minimum Gasteiger partial charge on any atom is -0.491 e. The molecule has 2 aromatic heterocycles. The molecule has 0 spiro atoms. The third kappa shape index (κ3) is 3.77. The van der Waals surface area contributed by atoms with Gasteiger partial charge in [0.15, 0.2) is 11.6 Å². The van der Waals surface area contributed by atoms with Crippen molar-refractivity contribution in [1.29, 1.82) is 0 Å². The van der Waals surface area contributed by atoms with Crippen molar-refractivity contribution in [1.82, 2.24) is 29.2 Å². The number of ketones is 1. The molecule has 4 rings (SSSR count). The molecule has 0 fully saturated rings. The molecule has 3 aromatic rings. The Labute approximate surface area is 167 Å². The van der Waals surface area contributed by atoms with Gasteiger partial charge in [-0.05, 0) is 12.1 Å². The van der Waals surface area contributed by atoms with Gasteiger partial charge in [0.1, 0.15) is 30.2 Å². The van der Waals surface area contributed by atoms with Gasteiger partial charge < -0.3 is 19.3 Å². The van der Waals surface area contributed by atoms with Gasteiger partial charge in [-0.2, -0.15) is 5.10 Å². The number of aromatic nitrogens is 5. The molecule has 1 aromatic carbocycles. The van der Waals surface area contributed by atoms with Gasteiger partial charge >= 0.3 is 0 Å². The van der Waals surface area contributed by atoms with Crippen molar-refractivity contribution in [2.75, 3.05) is 27.3 Å². The summed E-state index contributed by atoms with van der Waals surface area (Å²) < 4.78 is 9.51. The molecule has 9 heteroatoms. The highest BCUT2D eigenvalue weighted by atomic mass is 16.5. The number of benzene rings is 1. The summed E-state index contributed by atoms with van der Waals surface area (Å²) in [6.07, 6.45) is 6.61. The average Bonchev–Trinajstić information content (AvgIpc) is 3.29. The lowest BCUT2D eigenvalue weighted by atomic mass is 10.1. The third-order valence-corrected chi connectivity index (χ3v) is 4.55. The van der Waals surface area contributed by atoms with Gasteiger partial charge in [-0.1, -0.05) is 6.07 Å². The molecular weight excluding hydrogens is 372 g/mol. The van der Waals surface area contributed by atoms with Crippen LogP contribution >= 0.6 is 0 Å². The van der Waals surface area contributed by atoms with Gasteiger partial charge in [0.05, 0.1) is 25.3 Å². The predicted molar refractivity (Wildman–Crippen MR) is 106 cm³/mol. The molecule has 1 aliphatic heterocycles. The highest BCUT2D eigenvalue weighted by molar-refractivity contribution is 6.05. The highest BCUT2D eigenvalue weighted by Gasteiger charge is 2.21. The zero-order chi connectivity index (χ0) is 20.4. The molecule has 0 saturated heterocycles. The fourth-order valence-electron chi connectivity index (χ4n) is 3.18. The Morgan fingerprint density at radius 3 is 3.00 bits per heavy atom. The first-order valence-corrected chi connectivity index (χ1v) is 9.29. The fraction of sp³-hybridized carbons (Fsp3) is 0.300. The lowest BCUT2D eigenvalue weighted by Crippen LogP contribution is -2.06. The van der Waals surface area contributed by atoms with Crippen LogP contribution in [0, 0.1) is 0 Å². The summed E-state index contributed by atoms with van der Waals surface area (Å²) in [6.45, 7) is 1.40. The molecule has 0 unspecified atom stereocenters. The molecular formula is C20H22N6O3. The van der Waals surface area contributed by atoms with Gasteiger partial charge in [-0.3, -0.25) is 4.79 Å². The summed E-state index contributed by atoms with van der Waals surface area (Å²) in [5.74, 6) is 1.88. The molecule has 9 nitrogen and oxygen atoms in total. The molecule has 0 radical (unpaired) electrons. The summed E-state index contributed by atoms with van der Waals surface area (Å²) in [5, 5.41) is 13.3. The summed E-state index contributed by atoms with van der Waals surface area (Å²) in [6, 6.07) is 5.40. The van der Waals surface area contributed by atoms with Gasteiger partial charge in [-0.15, -0.1) is 0 Å². The maximum absolute atomic E-state index is 12.4. The molecule has 0 amide bonds. The van der Waals surface area contributed by atoms with Crippen LogP contribution in [0.3, 0.4) is 0 Å². The van der Waals surface area contributed by atoms with Crippen molar-refractivity contribution in [2.24, 2.45) is 0 Å². The first-order valence-electron chi connectivity index (χ1n) is 9.29. The van der Waals surface area contributed by atoms with Crippen LogP contribution < -0.4 is 4.74 Å². The van der Waals surface area contributed by atoms with Crippen molar-refractivity contribution in [3.8, 4) is 28.7 Å². The van der Waals surface area contributed by atoms with Gasteiger partial charge in [0.2, 0.25) is 0 Å². The zero-order valence-electron chi connectivity index (χ0n) is 16.3. The number of nitrogens with zero attached hydrogens (tertiary/aromatic N) is 6. The van der Waals surface area contributed by atoms with E-state index < -0.39 is 0 Å². The smallest absolute Gasteiger partial charge is 0.187 e. The lowest BCUT2D eigenvalue weighted by Gasteiger charge is -2.08. The van der Waals surface area contributed by atoms with E-state index in [9.17, 15) is 9.90 Å². The normalized spacial score (nSPS) is 12.9. The first kappa shape index (κ1) is 18.9. The topological polar surface area (TPSA) is 98.3 Å². The monoisotopic (exact) mass is 394 g/mol. The molecule has 150 valence electrons. The summed E-state index contributed by atoms with van der Waals surface area (Å²) in [5.41, 5.74) is 2.05. The van der Waals surface area contributed by atoms with Crippen molar-refractivity contribution in [2.45, 2.75) is 13.1 Å². The van der Waals surface area contributed by atoms with E-state index in [1.807, 2.05) is 35.8 Å². The molecule has 1 N–H and O–H groups in total.